The second kappa shape index (κ2) is 8.34. The lowest BCUT2D eigenvalue weighted by Crippen LogP contribution is -2.44. The lowest BCUT2D eigenvalue weighted by Gasteiger charge is -2.21. The highest BCUT2D eigenvalue weighted by atomic mass is 35.5. The Labute approximate surface area is 158 Å². The van der Waals surface area contributed by atoms with Crippen LogP contribution in [0.5, 0.6) is 0 Å². The van der Waals surface area contributed by atoms with Crippen LogP contribution in [0.15, 0.2) is 54.6 Å². The molecular weight excluding hydrogens is 350 g/mol. The van der Waals surface area contributed by atoms with E-state index in [1.54, 1.807) is 0 Å². The predicted molar refractivity (Wildman–Crippen MR) is 102 cm³/mol. The fourth-order valence-corrected chi connectivity index (χ4v) is 3.26. The van der Waals surface area contributed by atoms with E-state index in [-0.39, 0.29) is 12.1 Å². The van der Waals surface area contributed by atoms with Crippen LogP contribution in [0.4, 0.5) is 0 Å². The first kappa shape index (κ1) is 18.4. The summed E-state index contributed by atoms with van der Waals surface area (Å²) in [6, 6.07) is 16.8. The highest BCUT2D eigenvalue weighted by molar-refractivity contribution is 6.35. The smallest absolute Gasteiger partial charge is 0.311 e. The second-order valence-corrected chi connectivity index (χ2v) is 7.00. The number of carbonyl (C=O) groups excluding carboxylic acids is 2. The molecule has 2 amide bonds. The zero-order valence-electron chi connectivity index (χ0n) is 14.4. The van der Waals surface area contributed by atoms with Crippen molar-refractivity contribution < 1.29 is 9.59 Å². The molecular formula is C20H22ClN3O2. The molecule has 1 heterocycles. The number of likely N-dealkylation sites (tertiary alicyclic amines) is 1. The summed E-state index contributed by atoms with van der Waals surface area (Å²) in [5, 5.41) is 3.55. The number of hydrogen-bond acceptors (Lipinski definition) is 3. The quantitative estimate of drug-likeness (QED) is 0.810. The van der Waals surface area contributed by atoms with Gasteiger partial charge in [-0.2, -0.15) is 0 Å². The van der Waals surface area contributed by atoms with Crippen molar-refractivity contribution in [3.63, 3.8) is 0 Å². The number of halogens is 1. The van der Waals surface area contributed by atoms with E-state index < -0.39 is 11.8 Å². The minimum atomic E-state index is -0.595. The van der Waals surface area contributed by atoms with Crippen LogP contribution < -0.4 is 11.1 Å². The minimum Gasteiger partial charge on any atom is -0.341 e. The molecule has 1 aliphatic rings. The fourth-order valence-electron chi connectivity index (χ4n) is 3.13. The van der Waals surface area contributed by atoms with E-state index in [0.29, 0.717) is 24.5 Å². The summed E-state index contributed by atoms with van der Waals surface area (Å²) < 4.78 is 0. The van der Waals surface area contributed by atoms with Gasteiger partial charge >= 0.3 is 11.8 Å². The van der Waals surface area contributed by atoms with E-state index in [9.17, 15) is 9.59 Å². The molecule has 0 aliphatic carbocycles. The van der Waals surface area contributed by atoms with E-state index >= 15 is 0 Å². The van der Waals surface area contributed by atoms with Crippen LogP contribution in [-0.2, 0) is 16.0 Å². The van der Waals surface area contributed by atoms with Crippen LogP contribution in [-0.4, -0.2) is 35.8 Å². The number of nitrogens with two attached hydrogens (primary N) is 1. The highest BCUT2D eigenvalue weighted by Gasteiger charge is 2.29. The Kier molecular flexibility index (Phi) is 5.91. The average molecular weight is 372 g/mol. The van der Waals surface area contributed by atoms with Gasteiger partial charge in [-0.05, 0) is 36.1 Å². The second-order valence-electron chi connectivity index (χ2n) is 6.57. The van der Waals surface area contributed by atoms with Crippen LogP contribution in [0.3, 0.4) is 0 Å². The van der Waals surface area contributed by atoms with Crippen molar-refractivity contribution in [3.05, 3.63) is 70.7 Å². The number of nitrogens with zero attached hydrogens (tertiary/aromatic N) is 1. The van der Waals surface area contributed by atoms with Crippen molar-refractivity contribution in [2.75, 3.05) is 13.1 Å². The number of hydrogen-bond donors (Lipinski definition) is 2. The first-order chi connectivity index (χ1) is 12.5. The first-order valence-electron chi connectivity index (χ1n) is 8.67. The summed E-state index contributed by atoms with van der Waals surface area (Å²) in [6.07, 6.45) is 1.30. The number of carbonyl (C=O) groups is 2. The molecule has 26 heavy (non-hydrogen) atoms. The number of amides is 2. The van der Waals surface area contributed by atoms with Gasteiger partial charge in [-0.1, -0.05) is 54.1 Å². The molecule has 0 saturated carbocycles. The van der Waals surface area contributed by atoms with Gasteiger partial charge in [-0.3, -0.25) is 9.59 Å². The Hall–Kier alpha value is -2.37. The molecule has 1 saturated heterocycles. The minimum absolute atomic E-state index is 0.0502. The van der Waals surface area contributed by atoms with Crippen molar-refractivity contribution in [1.29, 1.82) is 0 Å². The molecule has 2 aromatic rings. The van der Waals surface area contributed by atoms with E-state index in [2.05, 4.69) is 5.32 Å². The molecule has 6 heteroatoms. The molecule has 5 nitrogen and oxygen atoms in total. The summed E-state index contributed by atoms with van der Waals surface area (Å²) >= 11 is 5.95. The fraction of sp³-hybridized carbons (Fsp3) is 0.300. The van der Waals surface area contributed by atoms with Crippen LogP contribution >= 0.6 is 11.6 Å². The molecule has 136 valence electrons. The zero-order valence-corrected chi connectivity index (χ0v) is 15.2. The molecule has 1 aliphatic heterocycles. The van der Waals surface area contributed by atoms with E-state index in [4.69, 9.17) is 17.3 Å². The van der Waals surface area contributed by atoms with Gasteiger partial charge in [0.2, 0.25) is 0 Å². The number of benzene rings is 2. The normalized spacial score (nSPS) is 17.8. The molecule has 2 unspecified atom stereocenters. The van der Waals surface area contributed by atoms with Crippen molar-refractivity contribution in [3.8, 4) is 0 Å². The Morgan fingerprint density at radius 1 is 1.15 bits per heavy atom. The van der Waals surface area contributed by atoms with Gasteiger partial charge in [-0.25, -0.2) is 0 Å². The molecule has 2 aromatic carbocycles. The number of rotatable bonds is 4. The van der Waals surface area contributed by atoms with Gasteiger partial charge in [0.15, 0.2) is 0 Å². The first-order valence-corrected chi connectivity index (χ1v) is 9.05. The molecule has 2 atom stereocenters. The molecule has 0 aromatic heterocycles. The average Bonchev–Trinajstić information content (AvgIpc) is 3.09. The Morgan fingerprint density at radius 3 is 2.46 bits per heavy atom. The van der Waals surface area contributed by atoms with Crippen LogP contribution in [0.2, 0.25) is 5.02 Å². The van der Waals surface area contributed by atoms with Crippen LogP contribution in [0, 0.1) is 0 Å². The summed E-state index contributed by atoms with van der Waals surface area (Å²) in [4.78, 5) is 26.4. The third-order valence-corrected chi connectivity index (χ3v) is 4.82. The summed E-state index contributed by atoms with van der Waals surface area (Å²) in [5.74, 6) is -1.11. The van der Waals surface area contributed by atoms with E-state index in [1.807, 2.05) is 54.6 Å². The van der Waals surface area contributed by atoms with Crippen molar-refractivity contribution in [2.24, 2.45) is 5.73 Å². The maximum atomic E-state index is 12.5. The summed E-state index contributed by atoms with van der Waals surface area (Å²) in [6.45, 7) is 0.958. The van der Waals surface area contributed by atoms with Crippen LogP contribution in [0.25, 0.3) is 0 Å². The van der Waals surface area contributed by atoms with Crippen molar-refractivity contribution >= 4 is 23.4 Å². The summed E-state index contributed by atoms with van der Waals surface area (Å²) in [5.41, 5.74) is 7.81. The third-order valence-electron chi connectivity index (χ3n) is 4.57. The Morgan fingerprint density at radius 2 is 1.85 bits per heavy atom. The monoisotopic (exact) mass is 371 g/mol. The Balaban J connectivity index is 1.74. The Bertz CT molecular complexity index is 764. The van der Waals surface area contributed by atoms with Crippen LogP contribution in [0.1, 0.15) is 23.6 Å². The third kappa shape index (κ3) is 4.62. The van der Waals surface area contributed by atoms with Crippen molar-refractivity contribution in [1.82, 2.24) is 10.2 Å². The predicted octanol–water partition coefficient (Wildman–Crippen LogP) is 2.30. The zero-order chi connectivity index (χ0) is 18.5. The van der Waals surface area contributed by atoms with Gasteiger partial charge in [0.05, 0.1) is 6.04 Å². The molecule has 3 N–H and O–H groups in total. The van der Waals surface area contributed by atoms with Gasteiger partial charge in [0, 0.05) is 24.2 Å². The SMILES string of the molecule is NC1CCN(C(=O)C(=O)NC(Cc2ccc(Cl)cc2)c2ccccc2)C1. The molecule has 3 rings (SSSR count). The van der Waals surface area contributed by atoms with E-state index in [1.165, 1.54) is 4.90 Å². The van der Waals surface area contributed by atoms with Gasteiger partial charge in [0.25, 0.3) is 0 Å². The maximum absolute atomic E-state index is 12.5. The molecule has 0 spiro atoms. The number of nitrogens with one attached hydrogen (secondary N) is 1. The van der Waals surface area contributed by atoms with Gasteiger partial charge < -0.3 is 16.0 Å². The maximum Gasteiger partial charge on any atom is 0.311 e. The lowest BCUT2D eigenvalue weighted by atomic mass is 9.99. The van der Waals surface area contributed by atoms with Crippen molar-refractivity contribution in [2.45, 2.75) is 24.9 Å². The van der Waals surface area contributed by atoms with E-state index in [0.717, 1.165) is 17.5 Å². The topological polar surface area (TPSA) is 75.4 Å². The molecule has 1 fully saturated rings. The molecule has 0 radical (unpaired) electrons. The molecule has 0 bridgehead atoms. The summed E-state index contributed by atoms with van der Waals surface area (Å²) in [7, 11) is 0. The largest absolute Gasteiger partial charge is 0.341 e. The standard InChI is InChI=1S/C20H22ClN3O2/c21-16-8-6-14(7-9-16)12-18(15-4-2-1-3-5-15)23-19(25)20(26)24-11-10-17(22)13-24/h1-9,17-18H,10-13,22H2,(H,23,25). The van der Waals surface area contributed by atoms with Gasteiger partial charge in [0.1, 0.15) is 0 Å². The highest BCUT2D eigenvalue weighted by Crippen LogP contribution is 2.20. The van der Waals surface area contributed by atoms with Gasteiger partial charge in [-0.15, -0.1) is 0 Å². The lowest BCUT2D eigenvalue weighted by molar-refractivity contribution is -0.145.